The van der Waals surface area contributed by atoms with Crippen molar-refractivity contribution in [1.29, 1.82) is 0 Å². The van der Waals surface area contributed by atoms with Gasteiger partial charge in [0.2, 0.25) is 0 Å². The minimum Gasteiger partial charge on any atom is -0.311 e. The molecule has 6 heteroatoms. The first-order valence-corrected chi connectivity index (χ1v) is 17.6. The molecule has 9 rings (SSSR count). The van der Waals surface area contributed by atoms with Crippen molar-refractivity contribution in [2.24, 2.45) is 0 Å². The second-order valence-corrected chi connectivity index (χ2v) is 12.7. The van der Waals surface area contributed by atoms with E-state index in [1.807, 2.05) is 36.4 Å². The molecule has 2 aromatic heterocycles. The first-order chi connectivity index (χ1) is 26.3. The average molecular weight is 683 g/mol. The minimum atomic E-state index is 0.828. The molecule has 0 aliphatic rings. The van der Waals surface area contributed by atoms with Crippen LogP contribution < -0.4 is 9.80 Å². The molecule has 0 aliphatic heterocycles. The number of aromatic nitrogens is 4. The van der Waals surface area contributed by atoms with Gasteiger partial charge < -0.3 is 9.80 Å². The Morgan fingerprint density at radius 1 is 0.321 bits per heavy atom. The molecule has 0 bridgehead atoms. The summed E-state index contributed by atoms with van der Waals surface area (Å²) in [4.78, 5) is 10.5. The Morgan fingerprint density at radius 3 is 0.981 bits per heavy atom. The zero-order valence-electron chi connectivity index (χ0n) is 28.8. The van der Waals surface area contributed by atoms with Crippen molar-refractivity contribution in [3.8, 4) is 27.9 Å². The maximum Gasteiger partial charge on any atom is 0.122 e. The second-order valence-electron chi connectivity index (χ2n) is 12.7. The highest BCUT2D eigenvalue weighted by molar-refractivity contribution is 6.01. The number of para-hydroxylation sites is 4. The zero-order chi connectivity index (χ0) is 35.4. The minimum absolute atomic E-state index is 0.828. The van der Waals surface area contributed by atoms with E-state index in [2.05, 4.69) is 173 Å². The Morgan fingerprint density at radius 2 is 0.642 bits per heavy atom. The molecule has 2 heterocycles. The van der Waals surface area contributed by atoms with Crippen molar-refractivity contribution in [3.05, 3.63) is 207 Å². The normalized spacial score (nSPS) is 11.0. The van der Waals surface area contributed by atoms with E-state index >= 15 is 0 Å². The summed E-state index contributed by atoms with van der Waals surface area (Å²) in [6.45, 7) is 0. The van der Waals surface area contributed by atoms with Crippen LogP contribution in [0.1, 0.15) is 0 Å². The summed E-state index contributed by atoms with van der Waals surface area (Å²) in [5.74, 6) is 0. The number of benzene rings is 7. The van der Waals surface area contributed by atoms with Crippen LogP contribution in [0.15, 0.2) is 207 Å². The number of hydrogen-bond donors (Lipinski definition) is 0. The first-order valence-electron chi connectivity index (χ1n) is 17.6. The van der Waals surface area contributed by atoms with Crippen LogP contribution in [0.25, 0.3) is 39.0 Å². The van der Waals surface area contributed by atoms with Crippen molar-refractivity contribution in [2.75, 3.05) is 9.80 Å². The number of anilines is 6. The smallest absolute Gasteiger partial charge is 0.122 e. The molecule has 0 saturated carbocycles. The highest BCUT2D eigenvalue weighted by atomic mass is 15.5. The van der Waals surface area contributed by atoms with E-state index in [1.165, 1.54) is 0 Å². The van der Waals surface area contributed by atoms with Crippen LogP contribution in [0.3, 0.4) is 0 Å². The van der Waals surface area contributed by atoms with Crippen molar-refractivity contribution >= 4 is 45.2 Å². The summed E-state index contributed by atoms with van der Waals surface area (Å²) in [7, 11) is 0. The van der Waals surface area contributed by atoms with Crippen LogP contribution in [0.4, 0.5) is 34.1 Å². The summed E-state index contributed by atoms with van der Waals surface area (Å²) in [6, 6.07) is 67.3. The van der Waals surface area contributed by atoms with Crippen LogP contribution >= 0.6 is 0 Å². The third-order valence-electron chi connectivity index (χ3n) is 9.36. The Hall–Kier alpha value is -7.31. The highest BCUT2D eigenvalue weighted by Crippen LogP contribution is 2.40. The quantitative estimate of drug-likeness (QED) is 0.152. The van der Waals surface area contributed by atoms with Gasteiger partial charge in [-0.3, -0.25) is 4.98 Å². The molecule has 0 saturated heterocycles. The topological polar surface area (TPSA) is 50.1 Å². The van der Waals surface area contributed by atoms with Gasteiger partial charge in [-0.15, -0.1) is 10.2 Å². The van der Waals surface area contributed by atoms with Gasteiger partial charge in [-0.05, 0) is 96.1 Å². The van der Waals surface area contributed by atoms with E-state index in [9.17, 15) is 0 Å². The Balaban J connectivity index is 1.12. The Labute approximate surface area is 308 Å². The lowest BCUT2D eigenvalue weighted by Crippen LogP contribution is -2.09. The SMILES string of the molecule is c1ccc(N(c2ccccc2)c2ccc(-c3ccc(-c4ccc(N(c5ccccc5)c5ccccc5)cc4)c4nn(-c5ccncc5)nc34)cc2)cc1. The van der Waals surface area contributed by atoms with Gasteiger partial charge >= 0.3 is 0 Å². The lowest BCUT2D eigenvalue weighted by Gasteiger charge is -2.25. The van der Waals surface area contributed by atoms with Gasteiger partial charge in [0.1, 0.15) is 11.0 Å². The number of hydrogen-bond acceptors (Lipinski definition) is 5. The average Bonchev–Trinajstić information content (AvgIpc) is 3.69. The van der Waals surface area contributed by atoms with Crippen LogP contribution in [-0.4, -0.2) is 20.0 Å². The fraction of sp³-hybridized carbons (Fsp3) is 0. The van der Waals surface area contributed by atoms with Crippen LogP contribution in [0.2, 0.25) is 0 Å². The molecule has 0 spiro atoms. The molecule has 53 heavy (non-hydrogen) atoms. The molecule has 0 radical (unpaired) electrons. The van der Waals surface area contributed by atoms with E-state index < -0.39 is 0 Å². The molecule has 0 aliphatic carbocycles. The maximum absolute atomic E-state index is 5.08. The van der Waals surface area contributed by atoms with Crippen molar-refractivity contribution in [2.45, 2.75) is 0 Å². The molecular formula is C47H34N6. The fourth-order valence-corrected chi connectivity index (χ4v) is 6.84. The zero-order valence-corrected chi connectivity index (χ0v) is 28.8. The van der Waals surface area contributed by atoms with Crippen LogP contribution in [0.5, 0.6) is 0 Å². The van der Waals surface area contributed by atoms with Crippen molar-refractivity contribution in [1.82, 2.24) is 20.0 Å². The molecule has 0 fully saturated rings. The lowest BCUT2D eigenvalue weighted by molar-refractivity contribution is 0.764. The molecule has 7 aromatic carbocycles. The molecule has 0 unspecified atom stereocenters. The number of pyridine rings is 1. The fourth-order valence-electron chi connectivity index (χ4n) is 6.84. The second kappa shape index (κ2) is 14.1. The summed E-state index contributed by atoms with van der Waals surface area (Å²) in [5.41, 5.74) is 13.2. The van der Waals surface area contributed by atoms with Gasteiger partial charge in [0.25, 0.3) is 0 Å². The van der Waals surface area contributed by atoms with E-state index in [4.69, 9.17) is 10.2 Å². The monoisotopic (exact) mass is 682 g/mol. The van der Waals surface area contributed by atoms with Gasteiger partial charge in [-0.25, -0.2) is 0 Å². The molecule has 0 N–H and O–H groups in total. The largest absolute Gasteiger partial charge is 0.311 e. The van der Waals surface area contributed by atoms with Gasteiger partial charge in [-0.2, -0.15) is 4.80 Å². The van der Waals surface area contributed by atoms with Crippen molar-refractivity contribution in [3.63, 3.8) is 0 Å². The highest BCUT2D eigenvalue weighted by Gasteiger charge is 2.19. The summed E-state index contributed by atoms with van der Waals surface area (Å²) >= 11 is 0. The van der Waals surface area contributed by atoms with Crippen LogP contribution in [0, 0.1) is 0 Å². The predicted octanol–water partition coefficient (Wildman–Crippen LogP) is 12.1. The molecule has 0 atom stereocenters. The standard InChI is InChI=1S/C47H34N6/c1-5-13-37(14-6-1)51(38-15-7-2-8-16-38)41-25-21-35(22-26-41)44-29-30-45(47-46(44)49-53(50-47)43-31-33-48-34-32-43)36-23-27-42(28-24-36)52(39-17-9-3-10-18-39)40-19-11-4-12-20-40/h1-34H. The number of fused-ring (bicyclic) bond motifs is 1. The third kappa shape index (κ3) is 6.30. The Bertz CT molecular complexity index is 2330. The summed E-state index contributed by atoms with van der Waals surface area (Å²) < 4.78 is 0. The van der Waals surface area contributed by atoms with Gasteiger partial charge in [0.05, 0.1) is 5.69 Å². The lowest BCUT2D eigenvalue weighted by atomic mass is 9.97. The predicted molar refractivity (Wildman–Crippen MR) is 217 cm³/mol. The molecule has 0 amide bonds. The molecular weight excluding hydrogens is 649 g/mol. The summed E-state index contributed by atoms with van der Waals surface area (Å²) in [5, 5.41) is 10.2. The van der Waals surface area contributed by atoms with E-state index in [1.54, 1.807) is 17.2 Å². The maximum atomic E-state index is 5.08. The van der Waals surface area contributed by atoms with Gasteiger partial charge in [-0.1, -0.05) is 109 Å². The third-order valence-corrected chi connectivity index (χ3v) is 9.36. The summed E-state index contributed by atoms with van der Waals surface area (Å²) in [6.07, 6.45) is 3.53. The van der Waals surface area contributed by atoms with E-state index in [0.717, 1.165) is 73.1 Å². The van der Waals surface area contributed by atoms with E-state index in [-0.39, 0.29) is 0 Å². The van der Waals surface area contributed by atoms with Crippen LogP contribution in [-0.2, 0) is 0 Å². The Kier molecular flexibility index (Phi) is 8.44. The van der Waals surface area contributed by atoms with Gasteiger partial charge in [0, 0.05) is 57.6 Å². The number of rotatable bonds is 9. The first kappa shape index (κ1) is 31.7. The molecule has 252 valence electrons. The van der Waals surface area contributed by atoms with Crippen molar-refractivity contribution < 1.29 is 0 Å². The number of nitrogens with zero attached hydrogens (tertiary/aromatic N) is 6. The van der Waals surface area contributed by atoms with E-state index in [0.29, 0.717) is 0 Å². The molecule has 9 aromatic rings. The van der Waals surface area contributed by atoms with Gasteiger partial charge in [0.15, 0.2) is 0 Å². The molecule has 6 nitrogen and oxygen atoms in total.